The first kappa shape index (κ1) is 17.9. The minimum absolute atomic E-state index is 0.0324. The summed E-state index contributed by atoms with van der Waals surface area (Å²) in [6.45, 7) is 8.04. The average Bonchev–Trinajstić information content (AvgIpc) is 2.55. The molecule has 128 valence electrons. The van der Waals surface area contributed by atoms with Crippen LogP contribution in [0.4, 0.5) is 0 Å². The molecule has 0 radical (unpaired) electrons. The van der Waals surface area contributed by atoms with Gasteiger partial charge in [-0.3, -0.25) is 9.69 Å². The maximum atomic E-state index is 12.2. The number of likely N-dealkylation sites (N-methyl/N-ethyl adjacent to an activating group) is 1. The highest BCUT2D eigenvalue weighted by Gasteiger charge is 2.14. The molecule has 0 aromatic heterocycles. The van der Waals surface area contributed by atoms with Crippen LogP contribution >= 0.6 is 0 Å². The number of nitrogens with zero attached hydrogens (tertiary/aromatic N) is 2. The molecule has 0 spiro atoms. The van der Waals surface area contributed by atoms with Crippen LogP contribution in [0.3, 0.4) is 0 Å². The van der Waals surface area contributed by atoms with Crippen LogP contribution in [0.5, 0.6) is 0 Å². The van der Waals surface area contributed by atoms with Crippen LogP contribution in [0.2, 0.25) is 0 Å². The largest absolute Gasteiger partial charge is 0.396 e. The number of rotatable bonds is 7. The summed E-state index contributed by atoms with van der Waals surface area (Å²) in [7, 11) is 2.15. The molecule has 1 saturated heterocycles. The molecule has 1 aliphatic rings. The number of benzene rings is 1. The van der Waals surface area contributed by atoms with Gasteiger partial charge in [0.25, 0.3) is 5.91 Å². The van der Waals surface area contributed by atoms with Gasteiger partial charge in [-0.1, -0.05) is 19.1 Å². The molecule has 2 rings (SSSR count). The van der Waals surface area contributed by atoms with Crippen LogP contribution in [-0.2, 0) is 6.54 Å². The van der Waals surface area contributed by atoms with Crippen molar-refractivity contribution in [3.63, 3.8) is 0 Å². The number of nitrogens with one attached hydrogen (secondary N) is 1. The predicted octanol–water partition coefficient (Wildman–Crippen LogP) is 1.18. The Hall–Kier alpha value is -1.43. The van der Waals surface area contributed by atoms with Crippen LogP contribution in [0.1, 0.15) is 29.3 Å². The van der Waals surface area contributed by atoms with Crippen molar-refractivity contribution in [3.05, 3.63) is 35.4 Å². The third-order valence-electron chi connectivity index (χ3n) is 4.42. The smallest absolute Gasteiger partial charge is 0.251 e. The molecule has 1 atom stereocenters. The Labute approximate surface area is 139 Å². The lowest BCUT2D eigenvalue weighted by atomic mass is 10.1. The van der Waals surface area contributed by atoms with Gasteiger partial charge in [0.15, 0.2) is 0 Å². The van der Waals surface area contributed by atoms with E-state index in [0.29, 0.717) is 18.5 Å². The summed E-state index contributed by atoms with van der Waals surface area (Å²) >= 11 is 0. The maximum absolute atomic E-state index is 12.2. The molecule has 1 aromatic carbocycles. The third kappa shape index (κ3) is 5.94. The summed E-state index contributed by atoms with van der Waals surface area (Å²) in [6.07, 6.45) is 0.712. The molecule has 1 unspecified atom stereocenters. The fourth-order valence-electron chi connectivity index (χ4n) is 2.77. The van der Waals surface area contributed by atoms with Gasteiger partial charge in [0.2, 0.25) is 0 Å². The summed E-state index contributed by atoms with van der Waals surface area (Å²) in [4.78, 5) is 17.0. The first-order valence-electron chi connectivity index (χ1n) is 8.47. The van der Waals surface area contributed by atoms with Gasteiger partial charge in [-0.15, -0.1) is 0 Å². The van der Waals surface area contributed by atoms with Crippen molar-refractivity contribution >= 4 is 5.91 Å². The summed E-state index contributed by atoms with van der Waals surface area (Å²) in [5.74, 6) is 0.257. The van der Waals surface area contributed by atoms with Gasteiger partial charge >= 0.3 is 0 Å². The van der Waals surface area contributed by atoms with Crippen molar-refractivity contribution in [2.45, 2.75) is 19.9 Å². The molecule has 0 bridgehead atoms. The highest BCUT2D eigenvalue weighted by molar-refractivity contribution is 5.94. The summed E-state index contributed by atoms with van der Waals surface area (Å²) in [5.41, 5.74) is 1.90. The molecule has 2 N–H and O–H groups in total. The molecular formula is C18H29N3O2. The third-order valence-corrected chi connectivity index (χ3v) is 4.42. The number of carbonyl (C=O) groups is 1. The van der Waals surface area contributed by atoms with Crippen molar-refractivity contribution in [1.82, 2.24) is 15.1 Å². The van der Waals surface area contributed by atoms with Crippen LogP contribution in [0.15, 0.2) is 24.3 Å². The van der Waals surface area contributed by atoms with Gasteiger partial charge in [-0.25, -0.2) is 0 Å². The normalized spacial score (nSPS) is 17.9. The fraction of sp³-hybridized carbons (Fsp3) is 0.611. The second kappa shape index (κ2) is 9.01. The van der Waals surface area contributed by atoms with Gasteiger partial charge in [-0.2, -0.15) is 0 Å². The van der Waals surface area contributed by atoms with Gasteiger partial charge in [0, 0.05) is 51.4 Å². The van der Waals surface area contributed by atoms with Crippen molar-refractivity contribution in [2.24, 2.45) is 5.92 Å². The van der Waals surface area contributed by atoms with E-state index >= 15 is 0 Å². The number of aliphatic hydroxyl groups excluding tert-OH is 1. The van der Waals surface area contributed by atoms with E-state index in [0.717, 1.165) is 32.7 Å². The Morgan fingerprint density at radius 3 is 2.74 bits per heavy atom. The molecule has 0 aliphatic carbocycles. The summed E-state index contributed by atoms with van der Waals surface area (Å²) in [6, 6.07) is 7.89. The van der Waals surface area contributed by atoms with Crippen molar-refractivity contribution in [2.75, 3.05) is 46.4 Å². The summed E-state index contributed by atoms with van der Waals surface area (Å²) in [5, 5.41) is 11.9. The molecule has 1 heterocycles. The Balaban J connectivity index is 1.87. The topological polar surface area (TPSA) is 55.8 Å². The number of aliphatic hydroxyl groups is 1. The molecule has 1 amide bonds. The number of hydrogen-bond donors (Lipinski definition) is 2. The summed E-state index contributed by atoms with van der Waals surface area (Å²) < 4.78 is 0. The number of hydrogen-bond acceptors (Lipinski definition) is 4. The van der Waals surface area contributed by atoms with Crippen LogP contribution < -0.4 is 5.32 Å². The van der Waals surface area contributed by atoms with E-state index in [1.54, 1.807) is 0 Å². The van der Waals surface area contributed by atoms with E-state index in [1.807, 2.05) is 25.1 Å². The minimum atomic E-state index is -0.0324. The molecule has 0 saturated carbocycles. The van der Waals surface area contributed by atoms with Crippen LogP contribution in [0, 0.1) is 5.92 Å². The molecule has 1 aliphatic heterocycles. The highest BCUT2D eigenvalue weighted by Crippen LogP contribution is 2.11. The standard InChI is InChI=1S/C18H29N3O2/c1-15(6-11-22)13-19-18(23)17-5-3-4-16(12-17)14-21-9-7-20(2)8-10-21/h3-5,12,15,22H,6-11,13-14H2,1-2H3,(H,19,23). The number of amides is 1. The Morgan fingerprint density at radius 1 is 1.30 bits per heavy atom. The minimum Gasteiger partial charge on any atom is -0.396 e. The number of piperazine rings is 1. The van der Waals surface area contributed by atoms with E-state index in [2.05, 4.69) is 28.2 Å². The lowest BCUT2D eigenvalue weighted by Gasteiger charge is -2.32. The first-order chi connectivity index (χ1) is 11.1. The van der Waals surface area contributed by atoms with E-state index < -0.39 is 0 Å². The Bertz CT molecular complexity index is 499. The monoisotopic (exact) mass is 319 g/mol. The van der Waals surface area contributed by atoms with Crippen LogP contribution in [0.25, 0.3) is 0 Å². The predicted molar refractivity (Wildman–Crippen MR) is 92.4 cm³/mol. The lowest BCUT2D eigenvalue weighted by Crippen LogP contribution is -2.43. The zero-order valence-electron chi connectivity index (χ0n) is 14.3. The SMILES string of the molecule is CC(CCO)CNC(=O)c1cccc(CN2CCN(C)CC2)c1. The number of carbonyl (C=O) groups excluding carboxylic acids is 1. The average molecular weight is 319 g/mol. The van der Waals surface area contributed by atoms with Crippen molar-refractivity contribution < 1.29 is 9.90 Å². The van der Waals surface area contributed by atoms with Crippen LogP contribution in [-0.4, -0.2) is 67.2 Å². The fourth-order valence-corrected chi connectivity index (χ4v) is 2.77. The second-order valence-electron chi connectivity index (χ2n) is 6.61. The quantitative estimate of drug-likeness (QED) is 0.792. The maximum Gasteiger partial charge on any atom is 0.251 e. The Morgan fingerprint density at radius 2 is 2.04 bits per heavy atom. The molecule has 1 fully saturated rings. The second-order valence-corrected chi connectivity index (χ2v) is 6.61. The van der Waals surface area contributed by atoms with Gasteiger partial charge in [0.05, 0.1) is 0 Å². The zero-order valence-corrected chi connectivity index (χ0v) is 14.3. The van der Waals surface area contributed by atoms with E-state index in [4.69, 9.17) is 5.11 Å². The lowest BCUT2D eigenvalue weighted by molar-refractivity contribution is 0.0945. The van der Waals surface area contributed by atoms with E-state index in [-0.39, 0.29) is 18.4 Å². The highest BCUT2D eigenvalue weighted by atomic mass is 16.3. The van der Waals surface area contributed by atoms with Crippen molar-refractivity contribution in [1.29, 1.82) is 0 Å². The first-order valence-corrected chi connectivity index (χ1v) is 8.47. The molecule has 1 aromatic rings. The molecule has 23 heavy (non-hydrogen) atoms. The molecule has 5 nitrogen and oxygen atoms in total. The zero-order chi connectivity index (χ0) is 16.7. The van der Waals surface area contributed by atoms with E-state index in [1.165, 1.54) is 5.56 Å². The van der Waals surface area contributed by atoms with Gasteiger partial charge < -0.3 is 15.3 Å². The van der Waals surface area contributed by atoms with Gasteiger partial charge in [-0.05, 0) is 37.1 Å². The van der Waals surface area contributed by atoms with Gasteiger partial charge in [0.1, 0.15) is 0 Å². The molecular weight excluding hydrogens is 290 g/mol. The van der Waals surface area contributed by atoms with Crippen molar-refractivity contribution in [3.8, 4) is 0 Å². The van der Waals surface area contributed by atoms with E-state index in [9.17, 15) is 4.79 Å². The Kier molecular flexibility index (Phi) is 7.02. The molecule has 5 heteroatoms.